The maximum Gasteiger partial charge on any atom is 0.150 e. The smallest absolute Gasteiger partial charge is 0.150 e. The van der Waals surface area contributed by atoms with E-state index in [2.05, 4.69) is 18.9 Å². The minimum absolute atomic E-state index is 0.00573. The molecule has 2 heterocycles. The minimum atomic E-state index is -2.80. The molecule has 6 heteroatoms. The van der Waals surface area contributed by atoms with Crippen molar-refractivity contribution in [1.29, 1.82) is 0 Å². The Morgan fingerprint density at radius 1 is 1.53 bits per heavy atom. The molecule has 1 fully saturated rings. The zero-order chi connectivity index (χ0) is 14.0. The van der Waals surface area contributed by atoms with Crippen LogP contribution in [0.1, 0.15) is 38.4 Å². The lowest BCUT2D eigenvalue weighted by atomic mass is 9.97. The van der Waals surface area contributed by atoms with Gasteiger partial charge in [-0.3, -0.25) is 4.68 Å². The first kappa shape index (κ1) is 14.5. The predicted molar refractivity (Wildman–Crippen MR) is 75.7 cm³/mol. The van der Waals surface area contributed by atoms with Crippen LogP contribution in [-0.4, -0.2) is 35.7 Å². The van der Waals surface area contributed by atoms with Crippen molar-refractivity contribution in [3.8, 4) is 0 Å². The van der Waals surface area contributed by atoms with Crippen molar-refractivity contribution in [3.63, 3.8) is 0 Å². The molecule has 2 atom stereocenters. The summed E-state index contributed by atoms with van der Waals surface area (Å²) >= 11 is 0. The summed E-state index contributed by atoms with van der Waals surface area (Å²) in [5.41, 5.74) is 7.10. The molecule has 1 aromatic rings. The summed E-state index contributed by atoms with van der Waals surface area (Å²) in [5, 5.41) is 4.47. The van der Waals surface area contributed by atoms with Gasteiger partial charge in [0.2, 0.25) is 0 Å². The summed E-state index contributed by atoms with van der Waals surface area (Å²) in [7, 11) is -2.80. The molecule has 2 rings (SSSR count). The van der Waals surface area contributed by atoms with Crippen LogP contribution >= 0.6 is 0 Å². The summed E-state index contributed by atoms with van der Waals surface area (Å²) in [5.74, 6) is 0.861. The van der Waals surface area contributed by atoms with Crippen molar-refractivity contribution in [3.05, 3.63) is 18.0 Å². The Morgan fingerprint density at radius 2 is 2.26 bits per heavy atom. The van der Waals surface area contributed by atoms with E-state index in [9.17, 15) is 8.42 Å². The number of rotatable bonds is 5. The topological polar surface area (TPSA) is 78.0 Å². The van der Waals surface area contributed by atoms with Crippen LogP contribution in [0.15, 0.2) is 12.3 Å². The third-order valence-corrected chi connectivity index (χ3v) is 5.46. The van der Waals surface area contributed by atoms with Crippen LogP contribution < -0.4 is 5.73 Å². The van der Waals surface area contributed by atoms with Gasteiger partial charge in [-0.2, -0.15) is 5.10 Å². The van der Waals surface area contributed by atoms with Gasteiger partial charge in [-0.15, -0.1) is 0 Å². The molecule has 0 spiro atoms. The summed E-state index contributed by atoms with van der Waals surface area (Å²) in [4.78, 5) is 0. The molecule has 1 aliphatic heterocycles. The highest BCUT2D eigenvalue weighted by molar-refractivity contribution is 7.91. The van der Waals surface area contributed by atoms with Gasteiger partial charge in [-0.05, 0) is 38.7 Å². The van der Waals surface area contributed by atoms with E-state index in [0.717, 1.165) is 25.0 Å². The van der Waals surface area contributed by atoms with E-state index in [0.29, 0.717) is 17.5 Å². The summed E-state index contributed by atoms with van der Waals surface area (Å²) < 4.78 is 24.7. The zero-order valence-corrected chi connectivity index (χ0v) is 12.4. The number of hydrogen-bond donors (Lipinski definition) is 1. The largest absolute Gasteiger partial charge is 0.327 e. The molecular formula is C13H23N3O2S. The molecule has 0 amide bonds. The fourth-order valence-electron chi connectivity index (χ4n) is 2.61. The molecular weight excluding hydrogens is 262 g/mol. The van der Waals surface area contributed by atoms with Gasteiger partial charge < -0.3 is 5.73 Å². The quantitative estimate of drug-likeness (QED) is 0.880. The van der Waals surface area contributed by atoms with Gasteiger partial charge in [0.05, 0.1) is 17.2 Å². The standard InChI is InChI=1S/C13H23N3O2S/c1-10(2)16-5-3-13(15-16)8-12(14)7-11-4-6-19(17,18)9-11/h3,5,10-12H,4,6-9,14H2,1-2H3. The lowest BCUT2D eigenvalue weighted by molar-refractivity contribution is 0.460. The number of nitrogens with two attached hydrogens (primary N) is 1. The molecule has 19 heavy (non-hydrogen) atoms. The fraction of sp³-hybridized carbons (Fsp3) is 0.769. The molecule has 0 radical (unpaired) electrons. The zero-order valence-electron chi connectivity index (χ0n) is 11.6. The second-order valence-electron chi connectivity index (χ2n) is 5.85. The van der Waals surface area contributed by atoms with Gasteiger partial charge in [-0.1, -0.05) is 0 Å². The Kier molecular flexibility index (Phi) is 4.30. The Labute approximate surface area is 115 Å². The molecule has 1 aromatic heterocycles. The summed E-state index contributed by atoms with van der Waals surface area (Å²) in [6, 6.07) is 2.34. The van der Waals surface area contributed by atoms with Crippen LogP contribution in [0.25, 0.3) is 0 Å². The number of hydrogen-bond acceptors (Lipinski definition) is 4. The third kappa shape index (κ3) is 4.04. The third-order valence-electron chi connectivity index (χ3n) is 3.63. The van der Waals surface area contributed by atoms with E-state index < -0.39 is 9.84 Å². The van der Waals surface area contributed by atoms with Crippen molar-refractivity contribution in [2.24, 2.45) is 11.7 Å². The molecule has 108 valence electrons. The Balaban J connectivity index is 1.85. The highest BCUT2D eigenvalue weighted by Crippen LogP contribution is 2.23. The number of nitrogens with zero attached hydrogens (tertiary/aromatic N) is 2. The molecule has 2 unspecified atom stereocenters. The van der Waals surface area contributed by atoms with E-state index in [4.69, 9.17) is 5.73 Å². The van der Waals surface area contributed by atoms with Crippen LogP contribution in [0, 0.1) is 5.92 Å². The fourth-order valence-corrected chi connectivity index (χ4v) is 4.49. The molecule has 5 nitrogen and oxygen atoms in total. The lowest BCUT2D eigenvalue weighted by Gasteiger charge is -2.14. The van der Waals surface area contributed by atoms with Crippen LogP contribution in [0.3, 0.4) is 0 Å². The van der Waals surface area contributed by atoms with E-state index in [-0.39, 0.29) is 12.0 Å². The van der Waals surface area contributed by atoms with E-state index in [1.807, 2.05) is 16.9 Å². The van der Waals surface area contributed by atoms with Gasteiger partial charge in [0, 0.05) is 24.7 Å². The van der Waals surface area contributed by atoms with Crippen LogP contribution in [0.5, 0.6) is 0 Å². The van der Waals surface area contributed by atoms with E-state index in [1.54, 1.807) is 0 Å². The number of aromatic nitrogens is 2. The highest BCUT2D eigenvalue weighted by atomic mass is 32.2. The van der Waals surface area contributed by atoms with Gasteiger partial charge in [-0.25, -0.2) is 8.42 Å². The van der Waals surface area contributed by atoms with E-state index >= 15 is 0 Å². The Bertz CT molecular complexity index is 522. The maximum atomic E-state index is 11.4. The molecule has 0 aromatic carbocycles. The molecule has 2 N–H and O–H groups in total. The lowest BCUT2D eigenvalue weighted by Crippen LogP contribution is -2.27. The minimum Gasteiger partial charge on any atom is -0.327 e. The van der Waals surface area contributed by atoms with Crippen LogP contribution in [-0.2, 0) is 16.3 Å². The Morgan fingerprint density at radius 3 is 2.79 bits per heavy atom. The van der Waals surface area contributed by atoms with Crippen molar-refractivity contribution < 1.29 is 8.42 Å². The Hall–Kier alpha value is -0.880. The average Bonchev–Trinajstić information content (AvgIpc) is 2.85. The monoisotopic (exact) mass is 285 g/mol. The van der Waals surface area contributed by atoms with Crippen molar-refractivity contribution in [2.75, 3.05) is 11.5 Å². The SMILES string of the molecule is CC(C)n1ccc(CC(N)CC2CCS(=O)(=O)C2)n1. The molecule has 0 aliphatic carbocycles. The molecule has 0 bridgehead atoms. The van der Waals surface area contributed by atoms with Crippen LogP contribution in [0.2, 0.25) is 0 Å². The van der Waals surface area contributed by atoms with Gasteiger partial charge in [0.15, 0.2) is 9.84 Å². The summed E-state index contributed by atoms with van der Waals surface area (Å²) in [6.07, 6.45) is 4.22. The van der Waals surface area contributed by atoms with Gasteiger partial charge >= 0.3 is 0 Å². The number of sulfone groups is 1. The molecule has 0 saturated carbocycles. The maximum absolute atomic E-state index is 11.4. The van der Waals surface area contributed by atoms with Crippen molar-refractivity contribution in [2.45, 2.75) is 45.2 Å². The normalized spacial score (nSPS) is 23.9. The molecule has 1 saturated heterocycles. The summed E-state index contributed by atoms with van der Waals surface area (Å²) in [6.45, 7) is 4.17. The van der Waals surface area contributed by atoms with Crippen molar-refractivity contribution in [1.82, 2.24) is 9.78 Å². The molecule has 1 aliphatic rings. The van der Waals surface area contributed by atoms with Crippen molar-refractivity contribution >= 4 is 9.84 Å². The first-order valence-corrected chi connectivity index (χ1v) is 8.68. The first-order valence-electron chi connectivity index (χ1n) is 6.86. The van der Waals surface area contributed by atoms with Gasteiger partial charge in [0.25, 0.3) is 0 Å². The van der Waals surface area contributed by atoms with Crippen LogP contribution in [0.4, 0.5) is 0 Å². The van der Waals surface area contributed by atoms with E-state index in [1.165, 1.54) is 0 Å². The average molecular weight is 285 g/mol. The first-order chi connectivity index (χ1) is 8.85. The second kappa shape index (κ2) is 5.63. The highest BCUT2D eigenvalue weighted by Gasteiger charge is 2.29. The predicted octanol–water partition coefficient (Wildman–Crippen LogP) is 1.16. The second-order valence-corrected chi connectivity index (χ2v) is 8.08. The van der Waals surface area contributed by atoms with Gasteiger partial charge in [0.1, 0.15) is 0 Å².